The molecular weight excluding hydrogens is 244 g/mol. The van der Waals surface area contributed by atoms with E-state index in [0.717, 1.165) is 17.3 Å². The first-order valence-electron chi connectivity index (χ1n) is 6.97. The predicted molar refractivity (Wildman–Crippen MR) is 74.7 cm³/mol. The Balaban J connectivity index is 1.86. The lowest BCUT2D eigenvalue weighted by atomic mass is 9.96. The van der Waals surface area contributed by atoms with Gasteiger partial charge in [-0.25, -0.2) is 4.68 Å². The van der Waals surface area contributed by atoms with Crippen LogP contribution in [0.5, 0.6) is 0 Å². The Hall–Kier alpha value is -0.840. The quantitative estimate of drug-likeness (QED) is 0.582. The van der Waals surface area contributed by atoms with E-state index in [1.807, 2.05) is 4.68 Å². The van der Waals surface area contributed by atoms with Crippen molar-refractivity contribution in [2.75, 3.05) is 5.75 Å². The van der Waals surface area contributed by atoms with Crippen molar-refractivity contribution in [2.24, 2.45) is 0 Å². The van der Waals surface area contributed by atoms with Crippen LogP contribution in [0.4, 0.5) is 0 Å². The zero-order chi connectivity index (χ0) is 12.6. The van der Waals surface area contributed by atoms with Crippen LogP contribution in [0.25, 0.3) is 0 Å². The Labute approximate surface area is 113 Å². The van der Waals surface area contributed by atoms with Gasteiger partial charge < -0.3 is 0 Å². The van der Waals surface area contributed by atoms with Gasteiger partial charge in [-0.3, -0.25) is 0 Å². The summed E-state index contributed by atoms with van der Waals surface area (Å²) in [6.45, 7) is 2.20. The topological polar surface area (TPSA) is 43.6 Å². The van der Waals surface area contributed by atoms with Crippen LogP contribution in [0.3, 0.4) is 0 Å². The summed E-state index contributed by atoms with van der Waals surface area (Å²) in [6.07, 6.45) is 13.3. The Morgan fingerprint density at radius 1 is 1.28 bits per heavy atom. The molecule has 0 amide bonds. The molecule has 1 aliphatic rings. The van der Waals surface area contributed by atoms with Gasteiger partial charge in [0.15, 0.2) is 0 Å². The SMILES string of the molecule is CCC/C=C/CSc1nnnn1C1CCCCC1. The maximum absolute atomic E-state index is 4.17. The van der Waals surface area contributed by atoms with E-state index in [1.54, 1.807) is 11.8 Å². The lowest BCUT2D eigenvalue weighted by Crippen LogP contribution is -2.15. The second kappa shape index (κ2) is 7.56. The third-order valence-electron chi connectivity index (χ3n) is 3.31. The molecule has 0 N–H and O–H groups in total. The number of nitrogens with zero attached hydrogens (tertiary/aromatic N) is 4. The zero-order valence-corrected chi connectivity index (χ0v) is 11.9. The standard InChI is InChI=1S/C13H22N4S/c1-2-3-4-8-11-18-13-14-15-16-17(13)12-9-6-5-7-10-12/h4,8,12H,2-3,5-7,9-11H2,1H3/b8-4+. The van der Waals surface area contributed by atoms with Gasteiger partial charge in [0.1, 0.15) is 0 Å². The van der Waals surface area contributed by atoms with Crippen molar-refractivity contribution in [3.05, 3.63) is 12.2 Å². The maximum Gasteiger partial charge on any atom is 0.209 e. The molecule has 100 valence electrons. The van der Waals surface area contributed by atoms with Gasteiger partial charge in [0.2, 0.25) is 5.16 Å². The van der Waals surface area contributed by atoms with Crippen LogP contribution >= 0.6 is 11.8 Å². The molecule has 0 atom stereocenters. The molecule has 2 rings (SSSR count). The van der Waals surface area contributed by atoms with Crippen LogP contribution in [0.1, 0.15) is 57.9 Å². The fourth-order valence-corrected chi connectivity index (χ4v) is 3.10. The Morgan fingerprint density at radius 3 is 2.89 bits per heavy atom. The number of hydrogen-bond acceptors (Lipinski definition) is 4. The molecule has 18 heavy (non-hydrogen) atoms. The molecule has 0 bridgehead atoms. The fraction of sp³-hybridized carbons (Fsp3) is 0.769. The molecule has 1 fully saturated rings. The molecule has 0 aliphatic heterocycles. The molecule has 1 aromatic heterocycles. The number of aromatic nitrogens is 4. The van der Waals surface area contributed by atoms with Crippen molar-refractivity contribution >= 4 is 11.8 Å². The van der Waals surface area contributed by atoms with Crippen molar-refractivity contribution in [1.29, 1.82) is 0 Å². The average Bonchev–Trinajstić information content (AvgIpc) is 2.88. The van der Waals surface area contributed by atoms with E-state index in [1.165, 1.54) is 38.5 Å². The average molecular weight is 266 g/mol. The molecule has 0 aromatic carbocycles. The van der Waals surface area contributed by atoms with Crippen LogP contribution < -0.4 is 0 Å². The highest BCUT2D eigenvalue weighted by Gasteiger charge is 2.19. The molecule has 0 unspecified atom stereocenters. The first-order valence-corrected chi connectivity index (χ1v) is 7.96. The third-order valence-corrected chi connectivity index (χ3v) is 4.20. The van der Waals surface area contributed by atoms with Gasteiger partial charge in [0.05, 0.1) is 6.04 Å². The van der Waals surface area contributed by atoms with E-state index in [2.05, 4.69) is 34.6 Å². The van der Waals surface area contributed by atoms with E-state index in [9.17, 15) is 0 Å². The van der Waals surface area contributed by atoms with Gasteiger partial charge in [-0.15, -0.1) is 5.10 Å². The van der Waals surface area contributed by atoms with E-state index >= 15 is 0 Å². The largest absolute Gasteiger partial charge is 0.217 e. The molecule has 1 saturated carbocycles. The number of allylic oxidation sites excluding steroid dienone is 1. The minimum atomic E-state index is 0.524. The normalized spacial score (nSPS) is 17.6. The van der Waals surface area contributed by atoms with E-state index < -0.39 is 0 Å². The molecule has 0 radical (unpaired) electrons. The number of thioether (sulfide) groups is 1. The zero-order valence-electron chi connectivity index (χ0n) is 11.1. The van der Waals surface area contributed by atoms with Crippen molar-refractivity contribution < 1.29 is 0 Å². The van der Waals surface area contributed by atoms with Crippen molar-refractivity contribution in [3.8, 4) is 0 Å². The first kappa shape index (κ1) is 13.6. The lowest BCUT2D eigenvalue weighted by molar-refractivity contribution is 0.307. The fourth-order valence-electron chi connectivity index (χ4n) is 2.31. The van der Waals surface area contributed by atoms with Crippen molar-refractivity contribution in [2.45, 2.75) is 63.1 Å². The van der Waals surface area contributed by atoms with Crippen LogP contribution in [0, 0.1) is 0 Å². The Kier molecular flexibility index (Phi) is 5.71. The highest BCUT2D eigenvalue weighted by molar-refractivity contribution is 7.99. The van der Waals surface area contributed by atoms with Gasteiger partial charge in [0.25, 0.3) is 0 Å². The summed E-state index contributed by atoms with van der Waals surface area (Å²) in [5.74, 6) is 0.965. The van der Waals surface area contributed by atoms with Gasteiger partial charge >= 0.3 is 0 Å². The monoisotopic (exact) mass is 266 g/mol. The molecule has 4 nitrogen and oxygen atoms in total. The highest BCUT2D eigenvalue weighted by atomic mass is 32.2. The Bertz CT molecular complexity index is 369. The minimum Gasteiger partial charge on any atom is -0.217 e. The van der Waals surface area contributed by atoms with Crippen LogP contribution in [-0.4, -0.2) is 26.0 Å². The van der Waals surface area contributed by atoms with E-state index in [0.29, 0.717) is 6.04 Å². The van der Waals surface area contributed by atoms with Gasteiger partial charge in [-0.05, 0) is 29.7 Å². The molecule has 1 aromatic rings. The second-order valence-corrected chi connectivity index (χ2v) is 5.76. The minimum absolute atomic E-state index is 0.524. The summed E-state index contributed by atoms with van der Waals surface area (Å²) >= 11 is 1.74. The molecule has 5 heteroatoms. The van der Waals surface area contributed by atoms with E-state index in [-0.39, 0.29) is 0 Å². The number of unbranched alkanes of at least 4 members (excludes halogenated alkanes) is 1. The third kappa shape index (κ3) is 3.83. The summed E-state index contributed by atoms with van der Waals surface area (Å²) < 4.78 is 2.04. The number of tetrazole rings is 1. The summed E-state index contributed by atoms with van der Waals surface area (Å²) in [6, 6.07) is 0.524. The van der Waals surface area contributed by atoms with Gasteiger partial charge in [0, 0.05) is 5.75 Å². The van der Waals surface area contributed by atoms with Crippen molar-refractivity contribution in [3.63, 3.8) is 0 Å². The van der Waals surface area contributed by atoms with Gasteiger partial charge in [-0.1, -0.05) is 56.5 Å². The van der Waals surface area contributed by atoms with Crippen LogP contribution in [0.15, 0.2) is 17.3 Å². The lowest BCUT2D eigenvalue weighted by Gasteiger charge is -2.21. The van der Waals surface area contributed by atoms with Crippen molar-refractivity contribution in [1.82, 2.24) is 20.2 Å². The molecule has 1 aliphatic carbocycles. The molecular formula is C13H22N4S. The summed E-state index contributed by atoms with van der Waals surface area (Å²) in [4.78, 5) is 0. The smallest absolute Gasteiger partial charge is 0.209 e. The molecule has 1 heterocycles. The molecule has 0 saturated heterocycles. The maximum atomic E-state index is 4.17. The second-order valence-electron chi connectivity index (χ2n) is 4.77. The summed E-state index contributed by atoms with van der Waals surface area (Å²) in [5.41, 5.74) is 0. The number of rotatable bonds is 6. The van der Waals surface area contributed by atoms with E-state index in [4.69, 9.17) is 0 Å². The Morgan fingerprint density at radius 2 is 2.11 bits per heavy atom. The van der Waals surface area contributed by atoms with Crippen LogP contribution in [-0.2, 0) is 0 Å². The van der Waals surface area contributed by atoms with Crippen LogP contribution in [0.2, 0.25) is 0 Å². The number of hydrogen-bond donors (Lipinski definition) is 0. The summed E-state index contributed by atoms with van der Waals surface area (Å²) in [7, 11) is 0. The molecule has 0 spiro atoms. The summed E-state index contributed by atoms with van der Waals surface area (Å²) in [5, 5.41) is 13.1. The highest BCUT2D eigenvalue weighted by Crippen LogP contribution is 2.30. The predicted octanol–water partition coefficient (Wildman–Crippen LogP) is 3.63. The van der Waals surface area contributed by atoms with Gasteiger partial charge in [-0.2, -0.15) is 0 Å². The first-order chi connectivity index (χ1) is 8.92.